The minimum Gasteiger partial charge on any atom is -0.350 e. The van der Waals surface area contributed by atoms with Crippen LogP contribution in [0.4, 0.5) is 10.1 Å². The molecular formula is C23H22FN3O2. The SMILES string of the molecule is Cc1cccc(NC(=O)c2ccnc(C(=O)NCCc3ccc(F)cc3)c2)c1C. The summed E-state index contributed by atoms with van der Waals surface area (Å²) in [6.45, 7) is 4.30. The van der Waals surface area contributed by atoms with Crippen LogP contribution in [0.5, 0.6) is 0 Å². The number of hydrogen-bond acceptors (Lipinski definition) is 3. The summed E-state index contributed by atoms with van der Waals surface area (Å²) in [5, 5.41) is 5.64. The molecule has 2 aromatic carbocycles. The summed E-state index contributed by atoms with van der Waals surface area (Å²) in [6.07, 6.45) is 2.01. The third-order valence-corrected chi connectivity index (χ3v) is 4.72. The number of nitrogens with zero attached hydrogens (tertiary/aromatic N) is 1. The van der Waals surface area contributed by atoms with Gasteiger partial charge in [0.2, 0.25) is 0 Å². The first-order valence-electron chi connectivity index (χ1n) is 9.30. The number of carbonyl (C=O) groups is 2. The molecule has 1 aromatic heterocycles. The number of pyridine rings is 1. The Balaban J connectivity index is 1.62. The van der Waals surface area contributed by atoms with Crippen LogP contribution in [0.1, 0.15) is 37.5 Å². The van der Waals surface area contributed by atoms with Gasteiger partial charge < -0.3 is 10.6 Å². The molecule has 0 atom stereocenters. The zero-order valence-electron chi connectivity index (χ0n) is 16.3. The van der Waals surface area contributed by atoms with Crippen molar-refractivity contribution >= 4 is 17.5 Å². The molecule has 2 N–H and O–H groups in total. The lowest BCUT2D eigenvalue weighted by atomic mass is 10.1. The van der Waals surface area contributed by atoms with E-state index in [1.165, 1.54) is 24.4 Å². The average molecular weight is 391 g/mol. The summed E-state index contributed by atoms with van der Waals surface area (Å²) in [5.41, 5.74) is 4.24. The third kappa shape index (κ3) is 5.25. The topological polar surface area (TPSA) is 71.1 Å². The zero-order valence-corrected chi connectivity index (χ0v) is 16.3. The molecule has 29 heavy (non-hydrogen) atoms. The van der Waals surface area contributed by atoms with Gasteiger partial charge in [0.1, 0.15) is 11.5 Å². The van der Waals surface area contributed by atoms with E-state index in [9.17, 15) is 14.0 Å². The second-order valence-electron chi connectivity index (χ2n) is 6.76. The van der Waals surface area contributed by atoms with Gasteiger partial charge in [0.15, 0.2) is 0 Å². The Morgan fingerprint density at radius 1 is 1.00 bits per heavy atom. The van der Waals surface area contributed by atoms with Gasteiger partial charge in [-0.15, -0.1) is 0 Å². The lowest BCUT2D eigenvalue weighted by molar-refractivity contribution is 0.0949. The van der Waals surface area contributed by atoms with E-state index in [1.54, 1.807) is 18.2 Å². The van der Waals surface area contributed by atoms with Crippen LogP contribution in [0.2, 0.25) is 0 Å². The highest BCUT2D eigenvalue weighted by molar-refractivity contribution is 6.06. The minimum atomic E-state index is -0.367. The highest BCUT2D eigenvalue weighted by Gasteiger charge is 2.13. The number of hydrogen-bond donors (Lipinski definition) is 2. The van der Waals surface area contributed by atoms with E-state index >= 15 is 0 Å². The highest BCUT2D eigenvalue weighted by Crippen LogP contribution is 2.19. The zero-order chi connectivity index (χ0) is 20.8. The van der Waals surface area contributed by atoms with Crippen LogP contribution < -0.4 is 10.6 Å². The standard InChI is InChI=1S/C23H22FN3O2/c1-15-4-3-5-20(16(15)2)27-22(28)18-11-13-25-21(14-18)23(29)26-12-10-17-6-8-19(24)9-7-17/h3-9,11,13-14H,10,12H2,1-2H3,(H,26,29)(H,27,28). The van der Waals surface area contributed by atoms with Gasteiger partial charge >= 0.3 is 0 Å². The number of aromatic nitrogens is 1. The smallest absolute Gasteiger partial charge is 0.269 e. The molecule has 3 rings (SSSR count). The molecule has 0 bridgehead atoms. The lowest BCUT2D eigenvalue weighted by Crippen LogP contribution is -2.27. The minimum absolute atomic E-state index is 0.165. The Hall–Kier alpha value is -3.54. The van der Waals surface area contributed by atoms with Gasteiger partial charge in [0.05, 0.1) is 0 Å². The van der Waals surface area contributed by atoms with E-state index in [0.717, 1.165) is 22.4 Å². The first-order chi connectivity index (χ1) is 13.9. The van der Waals surface area contributed by atoms with Crippen molar-refractivity contribution in [3.05, 3.63) is 94.6 Å². The van der Waals surface area contributed by atoms with Gasteiger partial charge in [-0.05, 0) is 67.3 Å². The maximum atomic E-state index is 12.9. The summed E-state index contributed by atoms with van der Waals surface area (Å²) in [6, 6.07) is 14.9. The van der Waals surface area contributed by atoms with Crippen molar-refractivity contribution in [2.45, 2.75) is 20.3 Å². The van der Waals surface area contributed by atoms with Crippen LogP contribution in [0.3, 0.4) is 0 Å². The molecule has 0 aliphatic carbocycles. The second kappa shape index (κ2) is 9.10. The molecule has 0 radical (unpaired) electrons. The van der Waals surface area contributed by atoms with Gasteiger partial charge in [-0.25, -0.2) is 4.39 Å². The number of benzene rings is 2. The predicted molar refractivity (Wildman–Crippen MR) is 111 cm³/mol. The summed E-state index contributed by atoms with van der Waals surface area (Å²) < 4.78 is 12.9. The normalized spacial score (nSPS) is 10.4. The third-order valence-electron chi connectivity index (χ3n) is 4.72. The van der Waals surface area contributed by atoms with Crippen LogP contribution in [0.25, 0.3) is 0 Å². The van der Waals surface area contributed by atoms with Gasteiger partial charge in [0.25, 0.3) is 11.8 Å². The highest BCUT2D eigenvalue weighted by atomic mass is 19.1. The molecule has 0 saturated carbocycles. The van der Waals surface area contributed by atoms with E-state index in [0.29, 0.717) is 18.5 Å². The van der Waals surface area contributed by atoms with Crippen LogP contribution in [0.15, 0.2) is 60.8 Å². The van der Waals surface area contributed by atoms with Crippen molar-refractivity contribution in [3.63, 3.8) is 0 Å². The fraction of sp³-hybridized carbons (Fsp3) is 0.174. The number of anilines is 1. The fourth-order valence-electron chi connectivity index (χ4n) is 2.84. The Bertz CT molecular complexity index is 1030. The first kappa shape index (κ1) is 20.2. The molecule has 3 aromatic rings. The quantitative estimate of drug-likeness (QED) is 0.666. The van der Waals surface area contributed by atoms with Crippen LogP contribution in [-0.2, 0) is 6.42 Å². The summed E-state index contributed by atoms with van der Waals surface area (Å²) in [5.74, 6) is -0.965. The van der Waals surface area contributed by atoms with Gasteiger partial charge in [-0.2, -0.15) is 0 Å². The van der Waals surface area contributed by atoms with E-state index in [-0.39, 0.29) is 23.3 Å². The number of amides is 2. The first-order valence-corrected chi connectivity index (χ1v) is 9.30. The fourth-order valence-corrected chi connectivity index (χ4v) is 2.84. The van der Waals surface area contributed by atoms with Gasteiger partial charge in [0, 0.05) is 24.0 Å². The number of nitrogens with one attached hydrogen (secondary N) is 2. The van der Waals surface area contributed by atoms with Crippen molar-refractivity contribution in [2.75, 3.05) is 11.9 Å². The molecule has 0 aliphatic heterocycles. The van der Waals surface area contributed by atoms with Crippen molar-refractivity contribution in [1.82, 2.24) is 10.3 Å². The molecular weight excluding hydrogens is 369 g/mol. The summed E-state index contributed by atoms with van der Waals surface area (Å²) in [4.78, 5) is 29.0. The Morgan fingerprint density at radius 2 is 1.76 bits per heavy atom. The molecule has 0 aliphatic rings. The van der Waals surface area contributed by atoms with Crippen LogP contribution >= 0.6 is 0 Å². The molecule has 1 heterocycles. The van der Waals surface area contributed by atoms with E-state index in [4.69, 9.17) is 0 Å². The number of halogens is 1. The molecule has 6 heteroatoms. The molecule has 0 fully saturated rings. The molecule has 148 valence electrons. The molecule has 0 spiro atoms. The van der Waals surface area contributed by atoms with Crippen molar-refractivity contribution in [1.29, 1.82) is 0 Å². The number of carbonyl (C=O) groups excluding carboxylic acids is 2. The van der Waals surface area contributed by atoms with Crippen molar-refractivity contribution in [2.24, 2.45) is 0 Å². The Kier molecular flexibility index (Phi) is 6.34. The van der Waals surface area contributed by atoms with E-state index in [2.05, 4.69) is 15.6 Å². The monoisotopic (exact) mass is 391 g/mol. The molecule has 2 amide bonds. The Labute approximate surface area is 169 Å². The van der Waals surface area contributed by atoms with Crippen molar-refractivity contribution < 1.29 is 14.0 Å². The van der Waals surface area contributed by atoms with Crippen LogP contribution in [0, 0.1) is 19.7 Å². The van der Waals surface area contributed by atoms with Gasteiger partial charge in [-0.1, -0.05) is 24.3 Å². The maximum absolute atomic E-state index is 12.9. The Morgan fingerprint density at radius 3 is 2.52 bits per heavy atom. The molecule has 0 unspecified atom stereocenters. The van der Waals surface area contributed by atoms with Crippen molar-refractivity contribution in [3.8, 4) is 0 Å². The van der Waals surface area contributed by atoms with Gasteiger partial charge in [-0.3, -0.25) is 14.6 Å². The average Bonchev–Trinajstić information content (AvgIpc) is 2.73. The van der Waals surface area contributed by atoms with E-state index < -0.39 is 0 Å². The lowest BCUT2D eigenvalue weighted by Gasteiger charge is -2.11. The maximum Gasteiger partial charge on any atom is 0.269 e. The number of rotatable bonds is 6. The summed E-state index contributed by atoms with van der Waals surface area (Å²) >= 11 is 0. The number of aryl methyl sites for hydroxylation is 1. The molecule has 0 saturated heterocycles. The molecule has 5 nitrogen and oxygen atoms in total. The van der Waals surface area contributed by atoms with E-state index in [1.807, 2.05) is 32.0 Å². The van der Waals surface area contributed by atoms with Crippen LogP contribution in [-0.4, -0.2) is 23.3 Å². The predicted octanol–water partition coefficient (Wildman–Crippen LogP) is 4.06. The second-order valence-corrected chi connectivity index (χ2v) is 6.76. The largest absolute Gasteiger partial charge is 0.350 e. The summed E-state index contributed by atoms with van der Waals surface area (Å²) in [7, 11) is 0.